The van der Waals surface area contributed by atoms with Gasteiger partial charge in [0.05, 0.1) is 27.5 Å². The summed E-state index contributed by atoms with van der Waals surface area (Å²) < 4.78 is 16.0. The quantitative estimate of drug-likeness (QED) is 0.330. The summed E-state index contributed by atoms with van der Waals surface area (Å²) in [4.78, 5) is 19.1. The lowest BCUT2D eigenvalue weighted by Gasteiger charge is -2.11. The van der Waals surface area contributed by atoms with Crippen molar-refractivity contribution in [1.29, 1.82) is 0 Å². The first-order chi connectivity index (χ1) is 14.4. The van der Waals surface area contributed by atoms with Crippen LogP contribution < -0.4 is 5.32 Å². The Hall–Kier alpha value is -3.52. The molecule has 0 aliphatic heterocycles. The fraction of sp³-hybridized carbons (Fsp3) is 0.143. The molecule has 2 aromatic heterocycles. The molecule has 7 nitrogen and oxygen atoms in total. The lowest BCUT2D eigenvalue weighted by Crippen LogP contribution is -2.03. The Balaban J connectivity index is 1.80. The molecular weight excluding hydrogens is 409 g/mol. The lowest BCUT2D eigenvalue weighted by atomic mass is 10.1. The van der Waals surface area contributed by atoms with E-state index in [1.165, 1.54) is 6.20 Å². The summed E-state index contributed by atoms with van der Waals surface area (Å²) in [6, 6.07) is 10.2. The molecule has 0 radical (unpaired) electrons. The van der Waals surface area contributed by atoms with Gasteiger partial charge in [-0.2, -0.15) is 4.39 Å². The van der Waals surface area contributed by atoms with Crippen LogP contribution in [0.25, 0.3) is 22.2 Å². The zero-order chi connectivity index (χ0) is 21.4. The van der Waals surface area contributed by atoms with Gasteiger partial charge < -0.3 is 9.88 Å². The fourth-order valence-corrected chi connectivity index (χ4v) is 3.61. The van der Waals surface area contributed by atoms with Gasteiger partial charge in [-0.3, -0.25) is 10.1 Å². The molecule has 0 spiro atoms. The maximum absolute atomic E-state index is 14.0. The van der Waals surface area contributed by atoms with Crippen molar-refractivity contribution in [2.24, 2.45) is 7.05 Å². The third-order valence-electron chi connectivity index (χ3n) is 4.89. The predicted molar refractivity (Wildman–Crippen MR) is 115 cm³/mol. The number of hydrogen-bond acceptors (Lipinski definition) is 5. The highest BCUT2D eigenvalue weighted by Crippen LogP contribution is 2.34. The summed E-state index contributed by atoms with van der Waals surface area (Å²) in [5.74, 6) is -0.672. The van der Waals surface area contributed by atoms with Crippen LogP contribution in [0.4, 0.5) is 21.7 Å². The van der Waals surface area contributed by atoms with Crippen molar-refractivity contribution >= 4 is 39.8 Å². The average Bonchev–Trinajstić information content (AvgIpc) is 3.07. The summed E-state index contributed by atoms with van der Waals surface area (Å²) in [5, 5.41) is 15.5. The standard InChI is InChI=1S/C21H17ClFN5O2/c1-3-12-8-16(23)19(28(29)30)9-17(12)25-21-24-10-15(22)20(26-21)14-11-27(2)18-7-5-4-6-13(14)18/h4-11H,3H2,1-2H3,(H,24,25,26). The van der Waals surface area contributed by atoms with E-state index in [1.54, 1.807) is 0 Å². The van der Waals surface area contributed by atoms with Crippen LogP contribution in [0.5, 0.6) is 0 Å². The molecule has 1 N–H and O–H groups in total. The van der Waals surface area contributed by atoms with E-state index >= 15 is 0 Å². The molecule has 9 heteroatoms. The molecule has 2 heterocycles. The molecule has 0 saturated carbocycles. The first kappa shape index (κ1) is 19.8. The van der Waals surface area contributed by atoms with Crippen LogP contribution in [0.15, 0.2) is 48.8 Å². The van der Waals surface area contributed by atoms with Crippen LogP contribution in [-0.4, -0.2) is 19.5 Å². The summed E-state index contributed by atoms with van der Waals surface area (Å²) in [7, 11) is 1.94. The molecule has 2 aromatic carbocycles. The first-order valence-corrected chi connectivity index (χ1v) is 9.57. The maximum atomic E-state index is 14.0. The summed E-state index contributed by atoms with van der Waals surface area (Å²) in [5.41, 5.74) is 2.72. The third-order valence-corrected chi connectivity index (χ3v) is 5.17. The number of benzene rings is 2. The number of anilines is 2. The third kappa shape index (κ3) is 3.46. The van der Waals surface area contributed by atoms with Crippen LogP contribution >= 0.6 is 11.6 Å². The largest absolute Gasteiger partial charge is 0.350 e. The number of nitro groups is 1. The highest BCUT2D eigenvalue weighted by atomic mass is 35.5. The number of para-hydroxylation sites is 1. The van der Waals surface area contributed by atoms with E-state index in [-0.39, 0.29) is 5.95 Å². The molecule has 4 rings (SSSR count). The average molecular weight is 426 g/mol. The predicted octanol–water partition coefficient (Wildman–Crippen LogP) is 5.64. The van der Waals surface area contributed by atoms with E-state index in [4.69, 9.17) is 11.6 Å². The smallest absolute Gasteiger partial charge is 0.306 e. The molecule has 0 saturated heterocycles. The van der Waals surface area contributed by atoms with Crippen molar-refractivity contribution < 1.29 is 9.31 Å². The normalized spacial score (nSPS) is 11.1. The summed E-state index contributed by atoms with van der Waals surface area (Å²) >= 11 is 6.39. The second-order valence-electron chi connectivity index (χ2n) is 6.76. The number of rotatable bonds is 5. The summed E-state index contributed by atoms with van der Waals surface area (Å²) in [6.07, 6.45) is 3.88. The molecular formula is C21H17ClFN5O2. The van der Waals surface area contributed by atoms with Crippen molar-refractivity contribution in [2.75, 3.05) is 5.32 Å². The molecule has 4 aromatic rings. The Morgan fingerprint density at radius 2 is 2.07 bits per heavy atom. The molecule has 0 atom stereocenters. The number of nitro benzene ring substituents is 1. The Labute approximate surface area is 176 Å². The number of nitrogens with one attached hydrogen (secondary N) is 1. The van der Waals surface area contributed by atoms with Crippen molar-refractivity contribution in [1.82, 2.24) is 14.5 Å². The number of aryl methyl sites for hydroxylation is 2. The van der Waals surface area contributed by atoms with Crippen molar-refractivity contribution in [2.45, 2.75) is 13.3 Å². The Morgan fingerprint density at radius 3 is 2.80 bits per heavy atom. The number of hydrogen-bond donors (Lipinski definition) is 1. The van der Waals surface area contributed by atoms with Crippen LogP contribution in [-0.2, 0) is 13.5 Å². The first-order valence-electron chi connectivity index (χ1n) is 9.19. The number of fused-ring (bicyclic) bond motifs is 1. The van der Waals surface area contributed by atoms with E-state index in [1.807, 2.05) is 49.0 Å². The molecule has 0 fully saturated rings. The number of nitrogens with zero attached hydrogens (tertiary/aromatic N) is 4. The SMILES string of the molecule is CCc1cc(F)c([N+](=O)[O-])cc1Nc1ncc(Cl)c(-c2cn(C)c3ccccc23)n1. The van der Waals surface area contributed by atoms with Gasteiger partial charge in [0.15, 0.2) is 0 Å². The van der Waals surface area contributed by atoms with E-state index in [0.29, 0.717) is 28.4 Å². The second-order valence-corrected chi connectivity index (χ2v) is 7.16. The van der Waals surface area contributed by atoms with Gasteiger partial charge in [-0.25, -0.2) is 9.97 Å². The van der Waals surface area contributed by atoms with Crippen LogP contribution in [0.2, 0.25) is 5.02 Å². The number of halogens is 2. The molecule has 30 heavy (non-hydrogen) atoms. The fourth-order valence-electron chi connectivity index (χ4n) is 3.42. The minimum atomic E-state index is -0.879. The van der Waals surface area contributed by atoms with E-state index in [9.17, 15) is 14.5 Å². The monoisotopic (exact) mass is 425 g/mol. The van der Waals surface area contributed by atoms with Crippen molar-refractivity contribution in [3.63, 3.8) is 0 Å². The van der Waals surface area contributed by atoms with Gasteiger partial charge in [0, 0.05) is 35.8 Å². The van der Waals surface area contributed by atoms with E-state index in [2.05, 4.69) is 15.3 Å². The van der Waals surface area contributed by atoms with Crippen LogP contribution in [0.3, 0.4) is 0 Å². The van der Waals surface area contributed by atoms with Crippen LogP contribution in [0.1, 0.15) is 12.5 Å². The second kappa shape index (κ2) is 7.72. The minimum absolute atomic E-state index is 0.206. The van der Waals surface area contributed by atoms with Crippen LogP contribution in [0, 0.1) is 15.9 Å². The van der Waals surface area contributed by atoms with Crippen molar-refractivity contribution in [3.8, 4) is 11.3 Å². The van der Waals surface area contributed by atoms with Gasteiger partial charge >= 0.3 is 5.69 Å². The zero-order valence-corrected chi connectivity index (χ0v) is 16.9. The van der Waals surface area contributed by atoms with Crippen molar-refractivity contribution in [3.05, 3.63) is 75.3 Å². The highest BCUT2D eigenvalue weighted by Gasteiger charge is 2.19. The topological polar surface area (TPSA) is 85.9 Å². The van der Waals surface area contributed by atoms with Gasteiger partial charge in [-0.05, 0) is 24.1 Å². The van der Waals surface area contributed by atoms with Gasteiger partial charge in [0.2, 0.25) is 11.8 Å². The van der Waals surface area contributed by atoms with Gasteiger partial charge in [-0.1, -0.05) is 36.7 Å². The molecule has 0 aliphatic carbocycles. The minimum Gasteiger partial charge on any atom is -0.350 e. The maximum Gasteiger partial charge on any atom is 0.306 e. The number of aromatic nitrogens is 3. The van der Waals surface area contributed by atoms with Gasteiger partial charge in [0.1, 0.15) is 0 Å². The van der Waals surface area contributed by atoms with Gasteiger partial charge in [-0.15, -0.1) is 0 Å². The summed E-state index contributed by atoms with van der Waals surface area (Å²) in [6.45, 7) is 1.83. The van der Waals surface area contributed by atoms with E-state index in [0.717, 1.165) is 28.6 Å². The molecule has 0 bridgehead atoms. The highest BCUT2D eigenvalue weighted by molar-refractivity contribution is 6.33. The Morgan fingerprint density at radius 1 is 1.30 bits per heavy atom. The molecule has 0 aliphatic rings. The van der Waals surface area contributed by atoms with E-state index < -0.39 is 16.4 Å². The lowest BCUT2D eigenvalue weighted by molar-refractivity contribution is -0.387. The zero-order valence-electron chi connectivity index (χ0n) is 16.2. The van der Waals surface area contributed by atoms with Gasteiger partial charge in [0.25, 0.3) is 0 Å². The molecule has 152 valence electrons. The Kier molecular flexibility index (Phi) is 5.09. The molecule has 0 unspecified atom stereocenters. The Bertz CT molecular complexity index is 1290. The molecule has 0 amide bonds.